The van der Waals surface area contributed by atoms with Gasteiger partial charge in [-0.1, -0.05) is 22.7 Å². The van der Waals surface area contributed by atoms with Crippen molar-refractivity contribution in [3.8, 4) is 0 Å². The second-order valence-electron chi connectivity index (χ2n) is 2.45. The molecule has 4 N–H and O–H groups in total. The van der Waals surface area contributed by atoms with Crippen molar-refractivity contribution in [2.24, 2.45) is 0 Å². The Morgan fingerprint density at radius 3 is 1.87 bits per heavy atom. The smallest absolute Gasteiger partial charge is 0.308 e. The summed E-state index contributed by atoms with van der Waals surface area (Å²) >= 11 is 0. The summed E-state index contributed by atoms with van der Waals surface area (Å²) in [6, 6.07) is 7.70. The summed E-state index contributed by atoms with van der Waals surface area (Å²) in [5.74, 6) is 2.97. The van der Waals surface area contributed by atoms with E-state index < -0.39 is 6.72 Å². The molecule has 0 aliphatic rings. The summed E-state index contributed by atoms with van der Waals surface area (Å²) < 4.78 is 0. The van der Waals surface area contributed by atoms with Crippen LogP contribution in [0, 0.1) is 0 Å². The first-order chi connectivity index (χ1) is 7.03. The van der Waals surface area contributed by atoms with Crippen molar-refractivity contribution >= 4 is 34.2 Å². The monoisotopic (exact) mass is 247 g/mol. The summed E-state index contributed by atoms with van der Waals surface area (Å²) in [6.07, 6.45) is 0. The van der Waals surface area contributed by atoms with Crippen molar-refractivity contribution < 1.29 is 14.7 Å². The van der Waals surface area contributed by atoms with Gasteiger partial charge in [0.25, 0.3) is 0 Å². The summed E-state index contributed by atoms with van der Waals surface area (Å²) in [6.45, 7) is -3.59. The molecule has 0 spiro atoms. The molecule has 1 aromatic carbocycles. The molecular weight excluding hydrogens is 237 g/mol. The molecule has 2 aromatic rings. The van der Waals surface area contributed by atoms with Crippen LogP contribution in [0.2, 0.25) is 0 Å². The van der Waals surface area contributed by atoms with Gasteiger partial charge in [-0.05, 0) is 18.0 Å². The Morgan fingerprint density at radius 1 is 1.13 bits per heavy atom. The molecule has 0 saturated carbocycles. The van der Waals surface area contributed by atoms with Gasteiger partial charge in [-0.15, -0.1) is 0 Å². The molecule has 0 aliphatic carbocycles. The maximum Gasteiger partial charge on any atom is 0.308 e. The Bertz CT molecular complexity index is 478. The fourth-order valence-corrected chi connectivity index (χ4v) is 0.786. The van der Waals surface area contributed by atoms with E-state index in [1.54, 1.807) is 0 Å². The molecule has 1 heterocycles. The van der Waals surface area contributed by atoms with E-state index in [0.717, 1.165) is 11.0 Å². The standard InChI is InChI=1S/C6H5N3.CH5O3PS/c1-2-4-6-5(3-1)7-9-8-6;1-6-5(2,3)4/h1-4H,(H,7,8,9);2-4H,1H2. The molecule has 0 aliphatic heterocycles. The summed E-state index contributed by atoms with van der Waals surface area (Å²) in [5, 5.41) is 10.3. The van der Waals surface area contributed by atoms with E-state index in [1.165, 1.54) is 0 Å². The second-order valence-corrected chi connectivity index (χ2v) is 5.98. The van der Waals surface area contributed by atoms with Crippen LogP contribution < -0.4 is 0 Å². The topological polar surface area (TPSA) is 102 Å². The van der Waals surface area contributed by atoms with Gasteiger partial charge in [0.2, 0.25) is 0 Å². The molecule has 0 amide bonds. The van der Waals surface area contributed by atoms with E-state index in [1.807, 2.05) is 24.3 Å². The Balaban J connectivity index is 0.000000167. The van der Waals surface area contributed by atoms with Crippen LogP contribution in [0.15, 0.2) is 24.3 Å². The highest BCUT2D eigenvalue weighted by molar-refractivity contribution is 8.14. The van der Waals surface area contributed by atoms with E-state index in [0.29, 0.717) is 10.5 Å². The highest BCUT2D eigenvalue weighted by atomic mass is 32.5. The minimum atomic E-state index is -3.59. The SMILES string of the molecule is C=S=P(O)(O)O.c1ccc2n[nH]nc2c1. The number of hydrogen-bond donors (Lipinski definition) is 4. The molecule has 1 aromatic heterocycles. The Morgan fingerprint density at radius 2 is 1.53 bits per heavy atom. The highest BCUT2D eigenvalue weighted by Crippen LogP contribution is 2.27. The fourth-order valence-electron chi connectivity index (χ4n) is 0.786. The number of para-hydroxylation sites is 2. The van der Waals surface area contributed by atoms with Crippen LogP contribution in [0.4, 0.5) is 0 Å². The van der Waals surface area contributed by atoms with Gasteiger partial charge in [-0.25, -0.2) is 0 Å². The van der Waals surface area contributed by atoms with Crippen molar-refractivity contribution in [1.29, 1.82) is 0 Å². The highest BCUT2D eigenvalue weighted by Gasteiger charge is 1.93. The van der Waals surface area contributed by atoms with E-state index in [-0.39, 0.29) is 0 Å². The lowest BCUT2D eigenvalue weighted by atomic mass is 10.3. The number of fused-ring (bicyclic) bond motifs is 1. The third-order valence-corrected chi connectivity index (χ3v) is 2.78. The Hall–Kier alpha value is -0.980. The van der Waals surface area contributed by atoms with Gasteiger partial charge in [0.1, 0.15) is 11.0 Å². The van der Waals surface area contributed by atoms with Crippen molar-refractivity contribution in [2.75, 3.05) is 0 Å². The van der Waals surface area contributed by atoms with E-state index in [4.69, 9.17) is 14.7 Å². The number of hydrogen-bond acceptors (Lipinski definition) is 2. The minimum absolute atomic E-state index is 0.410. The molecule has 82 valence electrons. The largest absolute Gasteiger partial charge is 0.325 e. The normalized spacial score (nSPS) is 10.6. The molecule has 15 heavy (non-hydrogen) atoms. The van der Waals surface area contributed by atoms with Crippen LogP contribution in [0.3, 0.4) is 0 Å². The number of benzene rings is 1. The number of H-pyrrole nitrogens is 1. The third kappa shape index (κ3) is 4.37. The molecule has 0 atom stereocenters. The lowest BCUT2D eigenvalue weighted by Gasteiger charge is -1.91. The second kappa shape index (κ2) is 5.20. The molecule has 8 heteroatoms. The van der Waals surface area contributed by atoms with Crippen LogP contribution in [0.1, 0.15) is 0 Å². The predicted molar refractivity (Wildman–Crippen MR) is 62.0 cm³/mol. The van der Waals surface area contributed by atoms with Gasteiger partial charge in [0.15, 0.2) is 0 Å². The van der Waals surface area contributed by atoms with Crippen molar-refractivity contribution in [3.05, 3.63) is 24.3 Å². The summed E-state index contributed by atoms with van der Waals surface area (Å²) in [4.78, 5) is 23.8. The molecule has 0 saturated heterocycles. The molecule has 6 nitrogen and oxygen atoms in total. The average Bonchev–Trinajstić information content (AvgIpc) is 2.65. The maximum atomic E-state index is 7.95. The number of rotatable bonds is 0. The number of aromatic nitrogens is 3. The van der Waals surface area contributed by atoms with E-state index >= 15 is 0 Å². The zero-order chi connectivity index (χ0) is 11.3. The van der Waals surface area contributed by atoms with Gasteiger partial charge in [-0.3, -0.25) is 0 Å². The van der Waals surface area contributed by atoms with Gasteiger partial charge >= 0.3 is 6.72 Å². The lowest BCUT2D eigenvalue weighted by Crippen LogP contribution is -1.68. The maximum absolute atomic E-state index is 7.95. The molecular formula is C7H10N3O3PS. The average molecular weight is 247 g/mol. The van der Waals surface area contributed by atoms with Crippen LogP contribution in [0.5, 0.6) is 0 Å². The number of nitrogens with zero attached hydrogens (tertiary/aromatic N) is 2. The summed E-state index contributed by atoms with van der Waals surface area (Å²) in [5.41, 5.74) is 1.83. The van der Waals surface area contributed by atoms with Gasteiger partial charge in [-0.2, -0.15) is 15.4 Å². The van der Waals surface area contributed by atoms with Crippen LogP contribution in [0.25, 0.3) is 11.0 Å². The fraction of sp³-hybridized carbons (Fsp3) is 0. The molecule has 2 rings (SSSR count). The first kappa shape index (κ1) is 12.1. The molecule has 0 radical (unpaired) electrons. The zero-order valence-corrected chi connectivity index (χ0v) is 9.32. The molecule has 0 bridgehead atoms. The van der Waals surface area contributed by atoms with E-state index in [2.05, 4.69) is 21.3 Å². The third-order valence-electron chi connectivity index (χ3n) is 1.40. The van der Waals surface area contributed by atoms with Crippen LogP contribution >= 0.6 is 6.72 Å². The zero-order valence-electron chi connectivity index (χ0n) is 7.61. The minimum Gasteiger partial charge on any atom is -0.325 e. The van der Waals surface area contributed by atoms with Gasteiger partial charge in [0.05, 0.1) is 0 Å². The summed E-state index contributed by atoms with van der Waals surface area (Å²) in [7, 11) is 0.410. The predicted octanol–water partition coefficient (Wildman–Crippen LogP) is 0.113. The number of aromatic amines is 1. The Kier molecular flexibility index (Phi) is 4.19. The van der Waals surface area contributed by atoms with Crippen molar-refractivity contribution in [1.82, 2.24) is 15.4 Å². The lowest BCUT2D eigenvalue weighted by molar-refractivity contribution is 0.363. The van der Waals surface area contributed by atoms with Gasteiger partial charge in [0, 0.05) is 0 Å². The quantitative estimate of drug-likeness (QED) is 0.391. The van der Waals surface area contributed by atoms with Crippen molar-refractivity contribution in [2.45, 2.75) is 0 Å². The van der Waals surface area contributed by atoms with Crippen LogP contribution in [-0.4, -0.2) is 36.0 Å². The van der Waals surface area contributed by atoms with Crippen molar-refractivity contribution in [3.63, 3.8) is 0 Å². The first-order valence-electron chi connectivity index (χ1n) is 3.79. The number of nitrogens with one attached hydrogen (secondary N) is 1. The Labute approximate surface area is 89.0 Å². The molecule has 0 unspecified atom stereocenters. The van der Waals surface area contributed by atoms with E-state index in [9.17, 15) is 0 Å². The van der Waals surface area contributed by atoms with Crippen LogP contribution in [-0.2, 0) is 10.5 Å². The molecule has 0 fully saturated rings. The first-order valence-corrected chi connectivity index (χ1v) is 7.03. The van der Waals surface area contributed by atoms with Gasteiger partial charge < -0.3 is 14.7 Å².